The molecule has 0 spiro atoms. The predicted molar refractivity (Wildman–Crippen MR) is 66.5 cm³/mol. The quantitative estimate of drug-likeness (QED) is 0.789. The normalized spacial score (nSPS) is 32.9. The van der Waals surface area contributed by atoms with Gasteiger partial charge in [-0.2, -0.15) is 4.31 Å². The van der Waals surface area contributed by atoms with Gasteiger partial charge in [0, 0.05) is 12.6 Å². The van der Waals surface area contributed by atoms with Gasteiger partial charge >= 0.3 is 0 Å². The first-order valence-electron chi connectivity index (χ1n) is 6.24. The Labute approximate surface area is 107 Å². The maximum Gasteiger partial charge on any atom is 0.260 e. The van der Waals surface area contributed by atoms with Crippen LogP contribution in [0.5, 0.6) is 0 Å². The molecule has 2 fully saturated rings. The van der Waals surface area contributed by atoms with Gasteiger partial charge in [-0.1, -0.05) is 0 Å². The van der Waals surface area contributed by atoms with Gasteiger partial charge in [-0.25, -0.2) is 13.4 Å². The summed E-state index contributed by atoms with van der Waals surface area (Å²) in [6, 6.07) is 0.0543. The van der Waals surface area contributed by atoms with E-state index in [0.717, 1.165) is 13.1 Å². The van der Waals surface area contributed by atoms with Crippen LogP contribution in [0, 0.1) is 18.8 Å². The SMILES string of the molecule is Cc1ncc(S(=O)(=O)N2CC3CNCC3C2C)[nH]1. The molecule has 3 atom stereocenters. The molecule has 0 amide bonds. The second kappa shape index (κ2) is 4.04. The van der Waals surface area contributed by atoms with Gasteiger partial charge in [0.2, 0.25) is 0 Å². The number of aromatic amines is 1. The van der Waals surface area contributed by atoms with Crippen molar-refractivity contribution in [3.63, 3.8) is 0 Å². The van der Waals surface area contributed by atoms with Crippen molar-refractivity contribution in [2.24, 2.45) is 11.8 Å². The van der Waals surface area contributed by atoms with Crippen LogP contribution >= 0.6 is 0 Å². The van der Waals surface area contributed by atoms with Crippen LogP contribution in [0.25, 0.3) is 0 Å². The molecule has 18 heavy (non-hydrogen) atoms. The highest BCUT2D eigenvalue weighted by molar-refractivity contribution is 7.89. The lowest BCUT2D eigenvalue weighted by Gasteiger charge is -2.22. The lowest BCUT2D eigenvalue weighted by molar-refractivity contribution is 0.359. The smallest absolute Gasteiger partial charge is 0.260 e. The van der Waals surface area contributed by atoms with Crippen molar-refractivity contribution in [2.75, 3.05) is 19.6 Å². The number of nitrogens with one attached hydrogen (secondary N) is 2. The summed E-state index contributed by atoms with van der Waals surface area (Å²) in [5, 5.41) is 3.54. The Morgan fingerprint density at radius 1 is 1.44 bits per heavy atom. The fourth-order valence-corrected chi connectivity index (χ4v) is 4.80. The minimum atomic E-state index is -3.42. The highest BCUT2D eigenvalue weighted by Gasteiger charge is 2.47. The molecule has 2 saturated heterocycles. The first kappa shape index (κ1) is 12.1. The first-order chi connectivity index (χ1) is 8.50. The van der Waals surface area contributed by atoms with Gasteiger partial charge in [-0.05, 0) is 38.8 Å². The number of aryl methyl sites for hydroxylation is 1. The molecule has 100 valence electrons. The Bertz CT molecular complexity index is 553. The second-order valence-corrected chi connectivity index (χ2v) is 7.09. The number of sulfonamides is 1. The molecule has 1 aromatic heterocycles. The van der Waals surface area contributed by atoms with E-state index in [1.807, 2.05) is 6.92 Å². The Morgan fingerprint density at radius 2 is 2.22 bits per heavy atom. The highest BCUT2D eigenvalue weighted by atomic mass is 32.2. The van der Waals surface area contributed by atoms with E-state index in [4.69, 9.17) is 0 Å². The Balaban J connectivity index is 1.91. The molecule has 2 aliphatic rings. The Morgan fingerprint density at radius 3 is 2.83 bits per heavy atom. The van der Waals surface area contributed by atoms with Crippen molar-refractivity contribution in [3.8, 4) is 0 Å². The number of hydrogen-bond acceptors (Lipinski definition) is 4. The number of hydrogen-bond donors (Lipinski definition) is 2. The van der Waals surface area contributed by atoms with E-state index in [1.54, 1.807) is 11.2 Å². The van der Waals surface area contributed by atoms with Crippen molar-refractivity contribution in [3.05, 3.63) is 12.0 Å². The van der Waals surface area contributed by atoms with Gasteiger partial charge in [-0.15, -0.1) is 0 Å². The van der Waals surface area contributed by atoms with E-state index in [9.17, 15) is 8.42 Å². The maximum atomic E-state index is 12.5. The zero-order chi connectivity index (χ0) is 12.9. The summed E-state index contributed by atoms with van der Waals surface area (Å²) < 4.78 is 26.7. The first-order valence-corrected chi connectivity index (χ1v) is 7.68. The van der Waals surface area contributed by atoms with E-state index in [-0.39, 0.29) is 11.1 Å². The van der Waals surface area contributed by atoms with Gasteiger partial charge in [0.05, 0.1) is 6.20 Å². The summed E-state index contributed by atoms with van der Waals surface area (Å²) in [4.78, 5) is 6.80. The summed E-state index contributed by atoms with van der Waals surface area (Å²) >= 11 is 0. The fourth-order valence-electron chi connectivity index (χ4n) is 3.10. The zero-order valence-corrected chi connectivity index (χ0v) is 11.4. The average Bonchev–Trinajstić information content (AvgIpc) is 2.96. The largest absolute Gasteiger partial charge is 0.332 e. The van der Waals surface area contributed by atoms with Crippen LogP contribution in [0.15, 0.2) is 11.2 Å². The van der Waals surface area contributed by atoms with Gasteiger partial charge in [-0.3, -0.25) is 0 Å². The van der Waals surface area contributed by atoms with E-state index in [0.29, 0.717) is 24.2 Å². The van der Waals surface area contributed by atoms with Crippen molar-refractivity contribution in [1.82, 2.24) is 19.6 Å². The van der Waals surface area contributed by atoms with Crippen molar-refractivity contribution < 1.29 is 8.42 Å². The fraction of sp³-hybridized carbons (Fsp3) is 0.727. The molecule has 3 rings (SSSR count). The summed E-state index contributed by atoms with van der Waals surface area (Å²) in [5.74, 6) is 1.50. The van der Waals surface area contributed by atoms with Gasteiger partial charge in [0.1, 0.15) is 5.82 Å². The van der Waals surface area contributed by atoms with Crippen molar-refractivity contribution >= 4 is 10.0 Å². The molecule has 0 bridgehead atoms. The number of rotatable bonds is 2. The molecule has 3 unspecified atom stereocenters. The molecule has 0 saturated carbocycles. The minimum Gasteiger partial charge on any atom is -0.332 e. The maximum absolute atomic E-state index is 12.5. The number of aromatic nitrogens is 2. The zero-order valence-electron chi connectivity index (χ0n) is 10.5. The summed E-state index contributed by atoms with van der Waals surface area (Å²) in [6.07, 6.45) is 1.41. The number of nitrogens with zero attached hydrogens (tertiary/aromatic N) is 2. The summed E-state index contributed by atoms with van der Waals surface area (Å²) in [5.41, 5.74) is 0. The van der Waals surface area contributed by atoms with Crippen LogP contribution < -0.4 is 5.32 Å². The molecule has 7 heteroatoms. The van der Waals surface area contributed by atoms with Crippen LogP contribution in [0.4, 0.5) is 0 Å². The van der Waals surface area contributed by atoms with Gasteiger partial charge in [0.15, 0.2) is 5.03 Å². The van der Waals surface area contributed by atoms with Crippen LogP contribution in [0.1, 0.15) is 12.7 Å². The lowest BCUT2D eigenvalue weighted by Crippen LogP contribution is -2.38. The topological polar surface area (TPSA) is 78.1 Å². The molecule has 0 aromatic carbocycles. The highest BCUT2D eigenvalue weighted by Crippen LogP contribution is 2.35. The number of fused-ring (bicyclic) bond motifs is 1. The second-order valence-electron chi connectivity index (χ2n) is 5.23. The van der Waals surface area contributed by atoms with Gasteiger partial charge in [0.25, 0.3) is 10.0 Å². The molecule has 1 aromatic rings. The van der Waals surface area contributed by atoms with Crippen molar-refractivity contribution in [2.45, 2.75) is 24.9 Å². The minimum absolute atomic E-state index is 0.0543. The van der Waals surface area contributed by atoms with Crippen LogP contribution in [-0.2, 0) is 10.0 Å². The Hall–Kier alpha value is -0.920. The molecular formula is C11H18N4O2S. The van der Waals surface area contributed by atoms with E-state index >= 15 is 0 Å². The van der Waals surface area contributed by atoms with Crippen LogP contribution in [-0.4, -0.2) is 48.4 Å². The molecule has 0 aliphatic carbocycles. The third-order valence-corrected chi connectivity index (χ3v) is 6.01. The summed E-state index contributed by atoms with van der Waals surface area (Å²) in [6.45, 7) is 6.20. The molecule has 2 aliphatic heterocycles. The lowest BCUT2D eigenvalue weighted by atomic mass is 9.95. The number of H-pyrrole nitrogens is 1. The standard InChI is InChI=1S/C11H18N4O2S/c1-7-10-4-12-3-9(10)6-15(7)18(16,17)11-5-13-8(2)14-11/h5,7,9-10,12H,3-4,6H2,1-2H3,(H,13,14). The number of imidazole rings is 1. The molecular weight excluding hydrogens is 252 g/mol. The summed E-state index contributed by atoms with van der Waals surface area (Å²) in [7, 11) is -3.42. The Kier molecular flexibility index (Phi) is 2.72. The van der Waals surface area contributed by atoms with Crippen LogP contribution in [0.2, 0.25) is 0 Å². The van der Waals surface area contributed by atoms with Crippen LogP contribution in [0.3, 0.4) is 0 Å². The predicted octanol–water partition coefficient (Wildman–Crippen LogP) is -0.0535. The third-order valence-electron chi connectivity index (χ3n) is 4.15. The third kappa shape index (κ3) is 1.69. The monoisotopic (exact) mass is 270 g/mol. The van der Waals surface area contributed by atoms with E-state index in [2.05, 4.69) is 15.3 Å². The molecule has 2 N–H and O–H groups in total. The van der Waals surface area contributed by atoms with Gasteiger partial charge < -0.3 is 10.3 Å². The van der Waals surface area contributed by atoms with E-state index < -0.39 is 10.0 Å². The van der Waals surface area contributed by atoms with Crippen molar-refractivity contribution in [1.29, 1.82) is 0 Å². The average molecular weight is 270 g/mol. The molecule has 6 nitrogen and oxygen atoms in total. The molecule has 0 radical (unpaired) electrons. The molecule has 3 heterocycles. The van der Waals surface area contributed by atoms with E-state index in [1.165, 1.54) is 6.20 Å².